The summed E-state index contributed by atoms with van der Waals surface area (Å²) in [6.07, 6.45) is 2.32. The fourth-order valence-corrected chi connectivity index (χ4v) is 1.82. The molecule has 0 fully saturated rings. The fourth-order valence-electron chi connectivity index (χ4n) is 1.82. The Kier molecular flexibility index (Phi) is 6.79. The summed E-state index contributed by atoms with van der Waals surface area (Å²) in [5.41, 5.74) is 0.631. The molecule has 0 saturated heterocycles. The van der Waals surface area contributed by atoms with Gasteiger partial charge in [-0.25, -0.2) is 9.78 Å². The van der Waals surface area contributed by atoms with E-state index >= 15 is 0 Å². The van der Waals surface area contributed by atoms with E-state index in [0.29, 0.717) is 12.1 Å². The smallest absolute Gasteiger partial charge is 0.319 e. The average Bonchev–Trinajstić information content (AvgIpc) is 2.47. The molecule has 0 aliphatic rings. The number of nitrogens with zero attached hydrogens (tertiary/aromatic N) is 2. The van der Waals surface area contributed by atoms with Crippen molar-refractivity contribution in [3.63, 3.8) is 0 Å². The predicted octanol–water partition coefficient (Wildman–Crippen LogP) is 1.82. The highest BCUT2D eigenvalue weighted by Gasteiger charge is 2.09. The monoisotopic (exact) mass is 280 g/mol. The molecule has 20 heavy (non-hydrogen) atoms. The summed E-state index contributed by atoms with van der Waals surface area (Å²) in [6.45, 7) is 7.77. The Balaban J connectivity index is 2.59. The van der Waals surface area contributed by atoms with Crippen LogP contribution in [0.1, 0.15) is 27.2 Å². The minimum atomic E-state index is -0.330. The van der Waals surface area contributed by atoms with Crippen LogP contribution in [0.3, 0.4) is 0 Å². The summed E-state index contributed by atoms with van der Waals surface area (Å²) < 4.78 is 0. The third-order valence-corrected chi connectivity index (χ3v) is 3.14. The van der Waals surface area contributed by atoms with Crippen molar-refractivity contribution in [2.45, 2.75) is 33.2 Å². The zero-order chi connectivity index (χ0) is 15.0. The molecule has 6 heteroatoms. The quantitative estimate of drug-likeness (QED) is 0.712. The third-order valence-electron chi connectivity index (χ3n) is 3.14. The van der Waals surface area contributed by atoms with Crippen LogP contribution >= 0.6 is 0 Å². The zero-order valence-corrected chi connectivity index (χ0v) is 12.4. The van der Waals surface area contributed by atoms with E-state index in [1.807, 2.05) is 19.1 Å². The van der Waals surface area contributed by atoms with E-state index in [4.69, 9.17) is 5.11 Å². The number of anilines is 2. The van der Waals surface area contributed by atoms with E-state index in [1.165, 1.54) is 0 Å². The molecular formula is C14H24N4O2. The number of urea groups is 1. The molecule has 0 saturated carbocycles. The van der Waals surface area contributed by atoms with Gasteiger partial charge in [-0.2, -0.15) is 0 Å². The van der Waals surface area contributed by atoms with Crippen LogP contribution in [0.2, 0.25) is 0 Å². The maximum Gasteiger partial charge on any atom is 0.319 e. The highest BCUT2D eigenvalue weighted by molar-refractivity contribution is 5.89. The molecule has 1 atom stereocenters. The number of carbonyl (C=O) groups excluding carboxylic acids is 1. The molecule has 112 valence electrons. The van der Waals surface area contributed by atoms with Gasteiger partial charge in [0, 0.05) is 13.1 Å². The zero-order valence-electron chi connectivity index (χ0n) is 12.4. The van der Waals surface area contributed by atoms with E-state index in [2.05, 4.69) is 34.4 Å². The van der Waals surface area contributed by atoms with Crippen molar-refractivity contribution in [2.75, 3.05) is 29.9 Å². The normalized spacial score (nSPS) is 11.8. The van der Waals surface area contributed by atoms with E-state index in [0.717, 1.165) is 18.9 Å². The van der Waals surface area contributed by atoms with Crippen molar-refractivity contribution in [1.29, 1.82) is 0 Å². The SMILES string of the molecule is CC[C@@H](CO)NC(=O)Nc1ccc(N(CC)CC)nc1. The van der Waals surface area contributed by atoms with E-state index in [1.54, 1.807) is 6.20 Å². The first kappa shape index (κ1) is 16.2. The summed E-state index contributed by atoms with van der Waals surface area (Å²) in [6, 6.07) is 3.15. The van der Waals surface area contributed by atoms with Gasteiger partial charge in [-0.15, -0.1) is 0 Å². The molecule has 0 unspecified atom stereocenters. The first-order valence-corrected chi connectivity index (χ1v) is 7.03. The third kappa shape index (κ3) is 4.70. The Morgan fingerprint density at radius 2 is 2.05 bits per heavy atom. The van der Waals surface area contributed by atoms with Crippen LogP contribution < -0.4 is 15.5 Å². The van der Waals surface area contributed by atoms with Crippen molar-refractivity contribution >= 4 is 17.5 Å². The van der Waals surface area contributed by atoms with Crippen LogP contribution in [0.5, 0.6) is 0 Å². The fraction of sp³-hybridized carbons (Fsp3) is 0.571. The first-order chi connectivity index (χ1) is 9.64. The summed E-state index contributed by atoms with van der Waals surface area (Å²) >= 11 is 0. The molecule has 3 N–H and O–H groups in total. The van der Waals surface area contributed by atoms with Crippen molar-refractivity contribution in [2.24, 2.45) is 0 Å². The molecule has 2 amide bonds. The summed E-state index contributed by atoms with van der Waals surface area (Å²) in [7, 11) is 0. The van der Waals surface area contributed by atoms with Gasteiger partial charge in [0.1, 0.15) is 5.82 Å². The van der Waals surface area contributed by atoms with Crippen molar-refractivity contribution in [3.8, 4) is 0 Å². The van der Waals surface area contributed by atoms with Gasteiger partial charge >= 0.3 is 6.03 Å². The minimum Gasteiger partial charge on any atom is -0.394 e. The van der Waals surface area contributed by atoms with Gasteiger partial charge in [0.2, 0.25) is 0 Å². The number of rotatable bonds is 7. The molecule has 1 rings (SSSR count). The number of aliphatic hydroxyl groups is 1. The number of carbonyl (C=O) groups is 1. The van der Waals surface area contributed by atoms with Gasteiger partial charge in [0.25, 0.3) is 0 Å². The Bertz CT molecular complexity index is 400. The lowest BCUT2D eigenvalue weighted by Crippen LogP contribution is -2.39. The number of aromatic nitrogens is 1. The predicted molar refractivity (Wildman–Crippen MR) is 81.1 cm³/mol. The van der Waals surface area contributed by atoms with Gasteiger partial charge in [-0.3, -0.25) is 0 Å². The molecule has 1 heterocycles. The van der Waals surface area contributed by atoms with E-state index in [-0.39, 0.29) is 18.7 Å². The van der Waals surface area contributed by atoms with Crippen molar-refractivity contribution < 1.29 is 9.90 Å². The first-order valence-electron chi connectivity index (χ1n) is 7.03. The summed E-state index contributed by atoms with van der Waals surface area (Å²) in [4.78, 5) is 18.2. The largest absolute Gasteiger partial charge is 0.394 e. The molecule has 0 radical (unpaired) electrons. The highest BCUT2D eigenvalue weighted by atomic mass is 16.3. The molecule has 1 aromatic heterocycles. The molecule has 6 nitrogen and oxygen atoms in total. The second-order valence-corrected chi connectivity index (χ2v) is 4.46. The Hall–Kier alpha value is -1.82. The van der Waals surface area contributed by atoms with E-state index < -0.39 is 0 Å². The Morgan fingerprint density at radius 1 is 1.35 bits per heavy atom. The van der Waals surface area contributed by atoms with E-state index in [9.17, 15) is 4.79 Å². The van der Waals surface area contributed by atoms with Gasteiger partial charge < -0.3 is 20.6 Å². The molecular weight excluding hydrogens is 256 g/mol. The second kappa shape index (κ2) is 8.37. The molecule has 1 aromatic rings. The lowest BCUT2D eigenvalue weighted by atomic mass is 10.2. The lowest BCUT2D eigenvalue weighted by Gasteiger charge is -2.20. The molecule has 0 spiro atoms. The van der Waals surface area contributed by atoms with Crippen LogP contribution in [0.4, 0.5) is 16.3 Å². The second-order valence-electron chi connectivity index (χ2n) is 4.46. The number of pyridine rings is 1. The average molecular weight is 280 g/mol. The topological polar surface area (TPSA) is 77.5 Å². The summed E-state index contributed by atoms with van der Waals surface area (Å²) in [5.74, 6) is 0.891. The van der Waals surface area contributed by atoms with Crippen LogP contribution in [0.25, 0.3) is 0 Å². The van der Waals surface area contributed by atoms with Crippen molar-refractivity contribution in [1.82, 2.24) is 10.3 Å². The summed E-state index contributed by atoms with van der Waals surface area (Å²) in [5, 5.41) is 14.4. The highest BCUT2D eigenvalue weighted by Crippen LogP contribution is 2.13. The maximum atomic E-state index is 11.7. The number of amides is 2. The number of aliphatic hydroxyl groups excluding tert-OH is 1. The van der Waals surface area contributed by atoms with Crippen LogP contribution in [0.15, 0.2) is 18.3 Å². The standard InChI is InChI=1S/C14H24N4O2/c1-4-11(10-19)16-14(20)17-12-7-8-13(15-9-12)18(5-2)6-3/h7-9,11,19H,4-6,10H2,1-3H3,(H2,16,17,20)/t11-/m0/s1. The number of nitrogens with one attached hydrogen (secondary N) is 2. The molecule has 0 bridgehead atoms. The van der Waals surface area contributed by atoms with Crippen molar-refractivity contribution in [3.05, 3.63) is 18.3 Å². The minimum absolute atomic E-state index is 0.0664. The van der Waals surface area contributed by atoms with Crippen LogP contribution in [-0.2, 0) is 0 Å². The van der Waals surface area contributed by atoms with Gasteiger partial charge in [-0.1, -0.05) is 6.92 Å². The van der Waals surface area contributed by atoms with Gasteiger partial charge in [0.05, 0.1) is 24.5 Å². The maximum absolute atomic E-state index is 11.7. The molecule has 0 aromatic carbocycles. The van der Waals surface area contributed by atoms with Gasteiger partial charge in [0.15, 0.2) is 0 Å². The lowest BCUT2D eigenvalue weighted by molar-refractivity contribution is 0.222. The van der Waals surface area contributed by atoms with Crippen LogP contribution in [0, 0.1) is 0 Å². The molecule has 0 aliphatic carbocycles. The number of hydrogen-bond donors (Lipinski definition) is 3. The number of hydrogen-bond acceptors (Lipinski definition) is 4. The molecule has 0 aliphatic heterocycles. The Morgan fingerprint density at radius 3 is 2.50 bits per heavy atom. The van der Waals surface area contributed by atoms with Crippen LogP contribution in [-0.4, -0.2) is 41.9 Å². The van der Waals surface area contributed by atoms with Gasteiger partial charge in [-0.05, 0) is 32.4 Å². The Labute approximate surface area is 120 Å².